The van der Waals surface area contributed by atoms with Crippen LogP contribution in [0.1, 0.15) is 0 Å². The van der Waals surface area contributed by atoms with E-state index in [0.29, 0.717) is 30.3 Å². The molecular weight excluding hydrogens is 264 g/mol. The Morgan fingerprint density at radius 1 is 1.40 bits per heavy atom. The highest BCUT2D eigenvalue weighted by molar-refractivity contribution is 5.95. The smallest absolute Gasteiger partial charge is 0.410 e. The summed E-state index contributed by atoms with van der Waals surface area (Å²) in [6, 6.07) is 5.06. The predicted octanol–water partition coefficient (Wildman–Crippen LogP) is 1.09. The van der Waals surface area contributed by atoms with Gasteiger partial charge in [-0.25, -0.2) is 4.79 Å². The molecule has 0 aliphatic carbocycles. The van der Waals surface area contributed by atoms with Crippen LogP contribution in [0.15, 0.2) is 18.2 Å². The molecule has 0 bridgehead atoms. The highest BCUT2D eigenvalue weighted by Crippen LogP contribution is 2.28. The van der Waals surface area contributed by atoms with Crippen molar-refractivity contribution in [3.8, 4) is 11.5 Å². The van der Waals surface area contributed by atoms with Crippen molar-refractivity contribution in [1.29, 1.82) is 0 Å². The summed E-state index contributed by atoms with van der Waals surface area (Å²) in [6.07, 6.45) is -0.471. The van der Waals surface area contributed by atoms with Crippen molar-refractivity contribution in [3.63, 3.8) is 0 Å². The van der Waals surface area contributed by atoms with Gasteiger partial charge in [-0.2, -0.15) is 0 Å². The molecule has 20 heavy (non-hydrogen) atoms. The lowest BCUT2D eigenvalue weighted by Gasteiger charge is -2.14. The number of carbonyl (C=O) groups is 2. The van der Waals surface area contributed by atoms with E-state index >= 15 is 0 Å². The average molecular weight is 280 g/mol. The minimum atomic E-state index is -0.471. The van der Waals surface area contributed by atoms with Crippen LogP contribution in [0.25, 0.3) is 0 Å². The van der Waals surface area contributed by atoms with Crippen molar-refractivity contribution in [2.45, 2.75) is 0 Å². The summed E-state index contributed by atoms with van der Waals surface area (Å²) in [4.78, 5) is 24.5. The number of hydrogen-bond donors (Lipinski definition) is 1. The van der Waals surface area contributed by atoms with Crippen molar-refractivity contribution >= 4 is 17.7 Å². The Hall–Kier alpha value is -2.44. The summed E-state index contributed by atoms with van der Waals surface area (Å²) < 4.78 is 15.0. The normalized spacial score (nSPS) is 13.9. The van der Waals surface area contributed by atoms with Crippen molar-refractivity contribution in [3.05, 3.63) is 18.2 Å². The van der Waals surface area contributed by atoms with E-state index in [1.807, 2.05) is 0 Å². The van der Waals surface area contributed by atoms with Gasteiger partial charge < -0.3 is 19.5 Å². The van der Waals surface area contributed by atoms with Gasteiger partial charge in [0, 0.05) is 6.07 Å². The van der Waals surface area contributed by atoms with Crippen LogP contribution >= 0.6 is 0 Å². The van der Waals surface area contributed by atoms with Crippen LogP contribution in [0.2, 0.25) is 0 Å². The molecule has 1 aliphatic rings. The maximum Gasteiger partial charge on any atom is 0.410 e. The summed E-state index contributed by atoms with van der Waals surface area (Å²) in [5, 5.41) is 2.69. The molecule has 0 atom stereocenters. The topological polar surface area (TPSA) is 77.1 Å². The number of amides is 2. The minimum absolute atomic E-state index is 0.0476. The molecule has 1 aromatic rings. The summed E-state index contributed by atoms with van der Waals surface area (Å²) in [5.74, 6) is 0.803. The van der Waals surface area contributed by atoms with Gasteiger partial charge in [0.1, 0.15) is 24.7 Å². The first-order valence-electron chi connectivity index (χ1n) is 6.07. The number of ether oxygens (including phenoxy) is 3. The molecule has 2 rings (SSSR count). The first-order valence-corrected chi connectivity index (χ1v) is 6.07. The molecule has 1 fully saturated rings. The van der Waals surface area contributed by atoms with Gasteiger partial charge in [0.25, 0.3) is 0 Å². The largest absolute Gasteiger partial charge is 0.497 e. The summed E-state index contributed by atoms with van der Waals surface area (Å²) >= 11 is 0. The molecule has 0 unspecified atom stereocenters. The lowest BCUT2D eigenvalue weighted by Crippen LogP contribution is -2.33. The van der Waals surface area contributed by atoms with Gasteiger partial charge in [0.2, 0.25) is 5.91 Å². The lowest BCUT2D eigenvalue weighted by molar-refractivity contribution is -0.116. The Morgan fingerprint density at radius 2 is 2.20 bits per heavy atom. The van der Waals surface area contributed by atoms with Gasteiger partial charge in [-0.1, -0.05) is 0 Å². The Labute approximate surface area is 116 Å². The third-order valence-corrected chi connectivity index (χ3v) is 2.86. The van der Waals surface area contributed by atoms with Gasteiger partial charge in [-0.15, -0.1) is 0 Å². The fraction of sp³-hybridized carbons (Fsp3) is 0.385. The Balaban J connectivity index is 2.01. The van der Waals surface area contributed by atoms with Crippen molar-refractivity contribution < 1.29 is 23.8 Å². The SMILES string of the molecule is COc1ccc(NC(=O)CN2CCOC2=O)c(OC)c1. The van der Waals surface area contributed by atoms with E-state index in [0.717, 1.165) is 0 Å². The number of hydrogen-bond acceptors (Lipinski definition) is 5. The van der Waals surface area contributed by atoms with Crippen LogP contribution in [0.4, 0.5) is 10.5 Å². The summed E-state index contributed by atoms with van der Waals surface area (Å²) in [5.41, 5.74) is 0.519. The average Bonchev–Trinajstić information content (AvgIpc) is 2.84. The van der Waals surface area contributed by atoms with Gasteiger partial charge in [-0.05, 0) is 12.1 Å². The minimum Gasteiger partial charge on any atom is -0.497 e. The Morgan fingerprint density at radius 3 is 2.80 bits per heavy atom. The molecule has 7 nitrogen and oxygen atoms in total. The maximum absolute atomic E-state index is 11.9. The molecule has 1 aliphatic heterocycles. The van der Waals surface area contributed by atoms with Crippen LogP contribution in [0.3, 0.4) is 0 Å². The Kier molecular flexibility index (Phi) is 4.29. The van der Waals surface area contributed by atoms with Gasteiger partial charge in [-0.3, -0.25) is 9.69 Å². The van der Waals surface area contributed by atoms with Crippen LogP contribution in [-0.4, -0.2) is 50.8 Å². The molecule has 1 heterocycles. The van der Waals surface area contributed by atoms with Gasteiger partial charge >= 0.3 is 6.09 Å². The van der Waals surface area contributed by atoms with Crippen molar-refractivity contribution in [1.82, 2.24) is 4.90 Å². The van der Waals surface area contributed by atoms with E-state index < -0.39 is 6.09 Å². The number of rotatable bonds is 5. The number of carbonyl (C=O) groups excluding carboxylic acids is 2. The second-order valence-electron chi connectivity index (χ2n) is 4.15. The molecule has 0 saturated carbocycles. The zero-order valence-corrected chi connectivity index (χ0v) is 11.3. The molecule has 2 amide bonds. The van der Waals surface area contributed by atoms with Crippen molar-refractivity contribution in [2.24, 2.45) is 0 Å². The molecule has 0 radical (unpaired) electrons. The first kappa shape index (κ1) is 14.0. The van der Waals surface area contributed by atoms with E-state index in [-0.39, 0.29) is 12.5 Å². The molecule has 1 aromatic carbocycles. The third-order valence-electron chi connectivity index (χ3n) is 2.86. The number of nitrogens with one attached hydrogen (secondary N) is 1. The highest BCUT2D eigenvalue weighted by atomic mass is 16.6. The fourth-order valence-electron chi connectivity index (χ4n) is 1.83. The zero-order chi connectivity index (χ0) is 14.5. The second kappa shape index (κ2) is 6.14. The fourth-order valence-corrected chi connectivity index (χ4v) is 1.83. The van der Waals surface area contributed by atoms with Crippen LogP contribution in [0, 0.1) is 0 Å². The molecule has 1 saturated heterocycles. The quantitative estimate of drug-likeness (QED) is 0.873. The molecule has 108 valence electrons. The van der Waals surface area contributed by atoms with Crippen LogP contribution in [-0.2, 0) is 9.53 Å². The molecular formula is C13H16N2O5. The molecule has 7 heteroatoms. The van der Waals surface area contributed by atoms with Crippen LogP contribution in [0.5, 0.6) is 11.5 Å². The van der Waals surface area contributed by atoms with E-state index in [1.54, 1.807) is 25.3 Å². The van der Waals surface area contributed by atoms with Gasteiger partial charge in [0.05, 0.1) is 26.5 Å². The molecule has 0 spiro atoms. The lowest BCUT2D eigenvalue weighted by atomic mass is 10.2. The second-order valence-corrected chi connectivity index (χ2v) is 4.15. The monoisotopic (exact) mass is 280 g/mol. The highest BCUT2D eigenvalue weighted by Gasteiger charge is 2.24. The first-order chi connectivity index (χ1) is 9.63. The number of methoxy groups -OCH3 is 2. The summed E-state index contributed by atoms with van der Waals surface area (Å²) in [7, 11) is 3.05. The van der Waals surface area contributed by atoms with E-state index in [2.05, 4.69) is 5.32 Å². The van der Waals surface area contributed by atoms with Gasteiger partial charge in [0.15, 0.2) is 0 Å². The zero-order valence-electron chi connectivity index (χ0n) is 11.3. The van der Waals surface area contributed by atoms with E-state index in [1.165, 1.54) is 12.0 Å². The summed E-state index contributed by atoms with van der Waals surface area (Å²) in [6.45, 7) is 0.692. The Bertz CT molecular complexity index is 517. The molecule has 1 N–H and O–H groups in total. The maximum atomic E-state index is 11.9. The third kappa shape index (κ3) is 3.11. The number of anilines is 1. The van der Waals surface area contributed by atoms with Crippen molar-refractivity contribution in [2.75, 3.05) is 39.2 Å². The van der Waals surface area contributed by atoms with E-state index in [9.17, 15) is 9.59 Å². The number of benzene rings is 1. The predicted molar refractivity (Wildman–Crippen MR) is 71.1 cm³/mol. The standard InChI is InChI=1S/C13H16N2O5/c1-18-9-3-4-10(11(7-9)19-2)14-12(16)8-15-5-6-20-13(15)17/h3-4,7H,5-6,8H2,1-2H3,(H,14,16). The van der Waals surface area contributed by atoms with Crippen LogP contribution < -0.4 is 14.8 Å². The van der Waals surface area contributed by atoms with E-state index in [4.69, 9.17) is 14.2 Å². The molecule has 0 aromatic heterocycles. The number of cyclic esters (lactones) is 1. The number of nitrogens with zero attached hydrogens (tertiary/aromatic N) is 1.